The van der Waals surface area contributed by atoms with Crippen LogP contribution in [-0.4, -0.2) is 6.61 Å². The molecule has 0 unspecified atom stereocenters. The molecule has 23 heavy (non-hydrogen) atoms. The summed E-state index contributed by atoms with van der Waals surface area (Å²) in [5.41, 5.74) is 2.63. The van der Waals surface area contributed by atoms with Gasteiger partial charge in [0.25, 0.3) is 0 Å². The summed E-state index contributed by atoms with van der Waals surface area (Å²) < 4.78 is 6.76. The molecule has 0 N–H and O–H groups in total. The molecular weight excluding hydrogens is 395 g/mol. The Bertz CT molecular complexity index is 397. The highest BCUT2D eigenvalue weighted by atomic mass is 127. The van der Waals surface area contributed by atoms with Crippen LogP contribution < -0.4 is 0 Å². The maximum atomic E-state index is 5.69. The third-order valence-corrected chi connectivity index (χ3v) is 4.93. The van der Waals surface area contributed by atoms with Crippen LogP contribution in [0.25, 0.3) is 0 Å². The molecule has 1 nitrogen and oxygen atoms in total. The Morgan fingerprint density at radius 2 is 1.43 bits per heavy atom. The van der Waals surface area contributed by atoms with Gasteiger partial charge in [0.05, 0.1) is 13.2 Å². The average Bonchev–Trinajstić information content (AvgIpc) is 2.59. The molecule has 0 aliphatic rings. The van der Waals surface area contributed by atoms with Gasteiger partial charge in [-0.3, -0.25) is 0 Å². The summed E-state index contributed by atoms with van der Waals surface area (Å²) in [4.78, 5) is 0. The minimum absolute atomic E-state index is 0.712. The first-order valence-corrected chi connectivity index (χ1v) is 10.8. The summed E-state index contributed by atoms with van der Waals surface area (Å²) in [6.45, 7) is 3.71. The Labute approximate surface area is 157 Å². The van der Waals surface area contributed by atoms with E-state index in [2.05, 4.69) is 65.9 Å². The molecule has 0 fully saturated rings. The average molecular weight is 428 g/mol. The van der Waals surface area contributed by atoms with E-state index in [0.717, 1.165) is 11.0 Å². The Kier molecular flexibility index (Phi) is 13.7. The van der Waals surface area contributed by atoms with Crippen molar-refractivity contribution < 1.29 is 4.74 Å². The second kappa shape index (κ2) is 15.2. The van der Waals surface area contributed by atoms with Gasteiger partial charge in [0.2, 0.25) is 0 Å². The second-order valence-corrected chi connectivity index (χ2v) is 6.96. The maximum Gasteiger partial charge on any atom is 0.0721 e. The van der Waals surface area contributed by atoms with Crippen molar-refractivity contribution in [3.8, 4) is 0 Å². The smallest absolute Gasteiger partial charge is 0.0721 e. The molecule has 1 aromatic carbocycles. The molecule has 2 heteroatoms. The minimum Gasteiger partial charge on any atom is -0.373 e. The van der Waals surface area contributed by atoms with Gasteiger partial charge < -0.3 is 4.74 Å². The van der Waals surface area contributed by atoms with Gasteiger partial charge in [-0.2, -0.15) is 0 Å². The maximum absolute atomic E-state index is 5.69. The van der Waals surface area contributed by atoms with Crippen LogP contribution in [0.3, 0.4) is 0 Å². The van der Waals surface area contributed by atoms with Crippen molar-refractivity contribution in [2.24, 2.45) is 0 Å². The van der Waals surface area contributed by atoms with Crippen molar-refractivity contribution in [1.29, 1.82) is 0 Å². The van der Waals surface area contributed by atoms with Crippen molar-refractivity contribution in [3.05, 3.63) is 47.5 Å². The number of rotatable bonds is 14. The van der Waals surface area contributed by atoms with E-state index in [1.165, 1.54) is 68.9 Å². The van der Waals surface area contributed by atoms with Crippen molar-refractivity contribution in [1.82, 2.24) is 0 Å². The standard InChI is InChI=1S/C21H33IO/c1-2-3-4-5-6-7-8-9-10-11-12-17-23-19-21-15-13-20(18-22)14-16-21/h11-16H,2-10,17-19H2,1H3/b12-11-. The number of hydrogen-bond donors (Lipinski definition) is 0. The highest BCUT2D eigenvalue weighted by Gasteiger charge is 1.94. The van der Waals surface area contributed by atoms with Gasteiger partial charge in [-0.05, 0) is 24.0 Å². The predicted molar refractivity (Wildman–Crippen MR) is 110 cm³/mol. The van der Waals surface area contributed by atoms with Crippen LogP contribution in [0.4, 0.5) is 0 Å². The van der Waals surface area contributed by atoms with E-state index in [9.17, 15) is 0 Å². The lowest BCUT2D eigenvalue weighted by Gasteiger charge is -2.03. The van der Waals surface area contributed by atoms with E-state index in [1.807, 2.05) is 0 Å². The first-order chi connectivity index (χ1) is 11.4. The SMILES string of the molecule is CCCCCCCCCC/C=C\COCc1ccc(CI)cc1. The lowest BCUT2D eigenvalue weighted by Crippen LogP contribution is -1.93. The fourth-order valence-corrected chi connectivity index (χ4v) is 3.06. The summed E-state index contributed by atoms with van der Waals surface area (Å²) in [5, 5.41) is 0. The van der Waals surface area contributed by atoms with Gasteiger partial charge in [0.1, 0.15) is 0 Å². The van der Waals surface area contributed by atoms with Crippen molar-refractivity contribution in [2.75, 3.05) is 6.61 Å². The summed E-state index contributed by atoms with van der Waals surface area (Å²) in [5.74, 6) is 0. The van der Waals surface area contributed by atoms with Gasteiger partial charge in [-0.1, -0.05) is 111 Å². The molecule has 1 rings (SSSR count). The molecule has 130 valence electrons. The number of alkyl halides is 1. The van der Waals surface area contributed by atoms with E-state index in [0.29, 0.717) is 6.61 Å². The highest BCUT2D eigenvalue weighted by molar-refractivity contribution is 14.1. The van der Waals surface area contributed by atoms with E-state index in [1.54, 1.807) is 0 Å². The molecule has 1 aromatic rings. The van der Waals surface area contributed by atoms with Crippen molar-refractivity contribution in [3.63, 3.8) is 0 Å². The van der Waals surface area contributed by atoms with E-state index < -0.39 is 0 Å². The molecule has 0 amide bonds. The molecule has 0 aromatic heterocycles. The number of allylic oxidation sites excluding steroid dienone is 1. The van der Waals surface area contributed by atoms with Gasteiger partial charge in [0.15, 0.2) is 0 Å². The summed E-state index contributed by atoms with van der Waals surface area (Å²) in [6.07, 6.45) is 16.8. The van der Waals surface area contributed by atoms with Crippen LogP contribution >= 0.6 is 22.6 Å². The summed E-state index contributed by atoms with van der Waals surface area (Å²) >= 11 is 2.39. The van der Waals surface area contributed by atoms with Gasteiger partial charge in [-0.25, -0.2) is 0 Å². The first-order valence-electron chi connectivity index (χ1n) is 9.23. The molecule has 0 bridgehead atoms. The van der Waals surface area contributed by atoms with Crippen LogP contribution in [0.15, 0.2) is 36.4 Å². The lowest BCUT2D eigenvalue weighted by atomic mass is 10.1. The molecule has 0 atom stereocenters. The molecule has 0 aliphatic heterocycles. The Hall–Kier alpha value is -0.350. The quantitative estimate of drug-likeness (QED) is 0.132. The molecule has 0 aliphatic carbocycles. The van der Waals surface area contributed by atoms with Gasteiger partial charge in [-0.15, -0.1) is 0 Å². The van der Waals surface area contributed by atoms with E-state index in [-0.39, 0.29) is 0 Å². The topological polar surface area (TPSA) is 9.23 Å². The third-order valence-electron chi connectivity index (χ3n) is 4.05. The second-order valence-electron chi connectivity index (χ2n) is 6.20. The zero-order valence-electron chi connectivity index (χ0n) is 14.7. The number of ether oxygens (including phenoxy) is 1. The Morgan fingerprint density at radius 1 is 0.826 bits per heavy atom. The lowest BCUT2D eigenvalue weighted by molar-refractivity contribution is 0.148. The first kappa shape index (κ1) is 20.7. The van der Waals surface area contributed by atoms with Crippen molar-refractivity contribution in [2.45, 2.75) is 75.7 Å². The van der Waals surface area contributed by atoms with Crippen LogP contribution in [0, 0.1) is 0 Å². The van der Waals surface area contributed by atoms with Crippen LogP contribution in [-0.2, 0) is 15.8 Å². The zero-order chi connectivity index (χ0) is 16.6. The monoisotopic (exact) mass is 428 g/mol. The fraction of sp³-hybridized carbons (Fsp3) is 0.619. The molecule has 0 saturated carbocycles. The number of benzene rings is 1. The van der Waals surface area contributed by atoms with Crippen molar-refractivity contribution >= 4 is 22.6 Å². The molecule has 0 radical (unpaired) electrons. The van der Waals surface area contributed by atoms with Crippen LogP contribution in [0.1, 0.15) is 75.8 Å². The largest absolute Gasteiger partial charge is 0.373 e. The zero-order valence-corrected chi connectivity index (χ0v) is 16.9. The minimum atomic E-state index is 0.712. The molecule has 0 saturated heterocycles. The number of hydrogen-bond acceptors (Lipinski definition) is 1. The van der Waals surface area contributed by atoms with Gasteiger partial charge >= 0.3 is 0 Å². The number of unbranched alkanes of at least 4 members (excludes halogenated alkanes) is 8. The normalized spacial score (nSPS) is 11.4. The van der Waals surface area contributed by atoms with E-state index >= 15 is 0 Å². The molecule has 0 heterocycles. The molecule has 0 spiro atoms. The fourth-order valence-electron chi connectivity index (χ4n) is 2.55. The van der Waals surface area contributed by atoms with Gasteiger partial charge in [0, 0.05) is 4.43 Å². The summed E-state index contributed by atoms with van der Waals surface area (Å²) in [7, 11) is 0. The summed E-state index contributed by atoms with van der Waals surface area (Å²) in [6, 6.07) is 8.70. The third kappa shape index (κ3) is 11.8. The molecular formula is C21H33IO. The Morgan fingerprint density at radius 3 is 2.09 bits per heavy atom. The number of halogens is 1. The van der Waals surface area contributed by atoms with E-state index in [4.69, 9.17) is 4.74 Å². The van der Waals surface area contributed by atoms with Crippen LogP contribution in [0.2, 0.25) is 0 Å². The highest BCUT2D eigenvalue weighted by Crippen LogP contribution is 2.10. The predicted octanol–water partition coefficient (Wildman–Crippen LogP) is 7.23. The van der Waals surface area contributed by atoms with Crippen LogP contribution in [0.5, 0.6) is 0 Å². The Balaban J connectivity index is 1.90.